The summed E-state index contributed by atoms with van der Waals surface area (Å²) in [7, 11) is 0. The lowest BCUT2D eigenvalue weighted by atomic mass is 10.2. The maximum Gasteiger partial charge on any atom is 0.283 e. The van der Waals surface area contributed by atoms with E-state index < -0.39 is 12.0 Å². The van der Waals surface area contributed by atoms with Crippen LogP contribution in [0, 0.1) is 0 Å². The fourth-order valence-corrected chi connectivity index (χ4v) is 2.42. The number of hydrogen-bond donors (Lipinski definition) is 2. The van der Waals surface area contributed by atoms with Crippen LogP contribution in [0.5, 0.6) is 11.5 Å². The largest absolute Gasteiger partial charge is 0.485 e. The molecule has 1 aromatic carbocycles. The third-order valence-electron chi connectivity index (χ3n) is 3.63. The third-order valence-corrected chi connectivity index (χ3v) is 3.63. The summed E-state index contributed by atoms with van der Waals surface area (Å²) in [6.07, 6.45) is 7.65. The number of para-hydroxylation sites is 2. The standard InChI is InChI=1S/C17H18N2O4/c20-16(10-9-12-5-1-2-6-12)18-19-17(21)15-11-22-13-7-3-4-8-14(13)23-15/h3-5,7-10,15H,1-2,6,11H2,(H,18,20)(H,19,21)/b10-9-/t15-/m1/s1. The Labute approximate surface area is 134 Å². The third kappa shape index (κ3) is 3.91. The lowest BCUT2D eigenvalue weighted by Crippen LogP contribution is -2.50. The number of rotatable bonds is 3. The molecule has 6 heteroatoms. The van der Waals surface area contributed by atoms with Crippen LogP contribution in [0.3, 0.4) is 0 Å². The zero-order valence-corrected chi connectivity index (χ0v) is 12.6. The average molecular weight is 314 g/mol. The quantitative estimate of drug-likeness (QED) is 0.657. The molecule has 120 valence electrons. The van der Waals surface area contributed by atoms with Gasteiger partial charge in [0, 0.05) is 6.08 Å². The lowest BCUT2D eigenvalue weighted by molar-refractivity contribution is -0.134. The maximum absolute atomic E-state index is 12.0. The van der Waals surface area contributed by atoms with Crippen molar-refractivity contribution in [2.75, 3.05) is 6.61 Å². The van der Waals surface area contributed by atoms with Gasteiger partial charge in [0.1, 0.15) is 6.61 Å². The van der Waals surface area contributed by atoms with Crippen molar-refractivity contribution in [2.24, 2.45) is 0 Å². The van der Waals surface area contributed by atoms with Crippen molar-refractivity contribution in [2.45, 2.75) is 25.4 Å². The van der Waals surface area contributed by atoms with Gasteiger partial charge in [-0.3, -0.25) is 20.4 Å². The van der Waals surface area contributed by atoms with Crippen LogP contribution in [0.15, 0.2) is 48.1 Å². The molecule has 2 N–H and O–H groups in total. The van der Waals surface area contributed by atoms with E-state index in [-0.39, 0.29) is 12.5 Å². The Hall–Kier alpha value is -2.76. The molecule has 0 unspecified atom stereocenters. The fraction of sp³-hybridized carbons (Fsp3) is 0.294. The van der Waals surface area contributed by atoms with Crippen molar-refractivity contribution in [3.05, 3.63) is 48.1 Å². The molecule has 1 heterocycles. The Bertz CT molecular complexity index is 666. The first-order chi connectivity index (χ1) is 11.2. The number of hydrogen-bond acceptors (Lipinski definition) is 4. The van der Waals surface area contributed by atoms with E-state index in [0.717, 1.165) is 24.8 Å². The molecule has 3 rings (SSSR count). The second kappa shape index (κ2) is 7.00. The Morgan fingerprint density at radius 1 is 1.17 bits per heavy atom. The minimum atomic E-state index is -0.799. The number of hydrazine groups is 1. The number of carbonyl (C=O) groups is 2. The van der Waals surface area contributed by atoms with Crippen LogP contribution in [0.2, 0.25) is 0 Å². The summed E-state index contributed by atoms with van der Waals surface area (Å²) in [6.45, 7) is 0.0987. The highest BCUT2D eigenvalue weighted by Gasteiger charge is 2.27. The molecule has 1 atom stereocenters. The Morgan fingerprint density at radius 3 is 2.78 bits per heavy atom. The molecule has 0 radical (unpaired) electrons. The van der Waals surface area contributed by atoms with Gasteiger partial charge >= 0.3 is 0 Å². The van der Waals surface area contributed by atoms with Crippen molar-refractivity contribution in [1.82, 2.24) is 10.9 Å². The summed E-state index contributed by atoms with van der Waals surface area (Å²) in [5, 5.41) is 0. The highest BCUT2D eigenvalue weighted by molar-refractivity contribution is 5.91. The molecular formula is C17H18N2O4. The van der Waals surface area contributed by atoms with Gasteiger partial charge in [0.2, 0.25) is 6.10 Å². The van der Waals surface area contributed by atoms with Gasteiger partial charge in [0.15, 0.2) is 11.5 Å². The Balaban J connectivity index is 1.47. The highest BCUT2D eigenvalue weighted by Crippen LogP contribution is 2.30. The number of carbonyl (C=O) groups excluding carboxylic acids is 2. The number of allylic oxidation sites excluding steroid dienone is 3. The number of amides is 2. The van der Waals surface area contributed by atoms with E-state index in [1.807, 2.05) is 6.07 Å². The number of fused-ring (bicyclic) bond motifs is 1. The van der Waals surface area contributed by atoms with Gasteiger partial charge in [-0.15, -0.1) is 0 Å². The SMILES string of the molecule is O=C(/C=C\C1=CCCC1)NNC(=O)[C@H]1COc2ccccc2O1. The van der Waals surface area contributed by atoms with Crippen LogP contribution in [0.25, 0.3) is 0 Å². The minimum absolute atomic E-state index is 0.0987. The summed E-state index contributed by atoms with van der Waals surface area (Å²) in [4.78, 5) is 23.7. The van der Waals surface area contributed by atoms with Crippen LogP contribution in [-0.4, -0.2) is 24.5 Å². The van der Waals surface area contributed by atoms with Crippen molar-refractivity contribution in [1.29, 1.82) is 0 Å². The molecule has 0 fully saturated rings. The van der Waals surface area contributed by atoms with E-state index in [1.165, 1.54) is 6.08 Å². The number of benzene rings is 1. The summed E-state index contributed by atoms with van der Waals surface area (Å²) >= 11 is 0. The topological polar surface area (TPSA) is 76.7 Å². The molecule has 23 heavy (non-hydrogen) atoms. The zero-order chi connectivity index (χ0) is 16.1. The lowest BCUT2D eigenvalue weighted by Gasteiger charge is -2.25. The first-order valence-electron chi connectivity index (χ1n) is 7.58. The Kier molecular flexibility index (Phi) is 4.61. The molecule has 2 amide bonds. The van der Waals surface area contributed by atoms with E-state index in [9.17, 15) is 9.59 Å². The van der Waals surface area contributed by atoms with Crippen molar-refractivity contribution >= 4 is 11.8 Å². The molecule has 1 aliphatic carbocycles. The first kappa shape index (κ1) is 15.1. The van der Waals surface area contributed by atoms with Gasteiger partial charge in [0.25, 0.3) is 11.8 Å². The molecule has 2 aliphatic rings. The van der Waals surface area contributed by atoms with Crippen LogP contribution in [0.4, 0.5) is 0 Å². The van der Waals surface area contributed by atoms with Gasteiger partial charge in [-0.2, -0.15) is 0 Å². The molecular weight excluding hydrogens is 296 g/mol. The summed E-state index contributed by atoms with van der Waals surface area (Å²) in [6, 6.07) is 7.13. The molecule has 0 spiro atoms. The van der Waals surface area contributed by atoms with E-state index >= 15 is 0 Å². The monoisotopic (exact) mass is 314 g/mol. The molecule has 1 aromatic rings. The van der Waals surface area contributed by atoms with E-state index in [2.05, 4.69) is 16.9 Å². The minimum Gasteiger partial charge on any atom is -0.485 e. The predicted molar refractivity (Wildman–Crippen MR) is 83.7 cm³/mol. The van der Waals surface area contributed by atoms with E-state index in [4.69, 9.17) is 9.47 Å². The van der Waals surface area contributed by atoms with Crippen LogP contribution < -0.4 is 20.3 Å². The van der Waals surface area contributed by atoms with Crippen molar-refractivity contribution < 1.29 is 19.1 Å². The smallest absolute Gasteiger partial charge is 0.283 e. The number of ether oxygens (including phenoxy) is 2. The zero-order valence-electron chi connectivity index (χ0n) is 12.6. The molecule has 6 nitrogen and oxygen atoms in total. The van der Waals surface area contributed by atoms with E-state index in [0.29, 0.717) is 11.5 Å². The van der Waals surface area contributed by atoms with Gasteiger partial charge < -0.3 is 9.47 Å². The molecule has 0 saturated carbocycles. The van der Waals surface area contributed by atoms with Crippen LogP contribution in [0.1, 0.15) is 19.3 Å². The maximum atomic E-state index is 12.0. The summed E-state index contributed by atoms with van der Waals surface area (Å²) in [5.41, 5.74) is 5.83. The average Bonchev–Trinajstić information content (AvgIpc) is 3.11. The van der Waals surface area contributed by atoms with E-state index in [1.54, 1.807) is 24.3 Å². The normalized spacial score (nSPS) is 19.3. The predicted octanol–water partition coefficient (Wildman–Crippen LogP) is 1.64. The van der Waals surface area contributed by atoms with Gasteiger partial charge in [-0.1, -0.05) is 29.9 Å². The van der Waals surface area contributed by atoms with Gasteiger partial charge in [-0.05, 0) is 31.4 Å². The molecule has 0 bridgehead atoms. The number of nitrogens with one attached hydrogen (secondary N) is 2. The van der Waals surface area contributed by atoms with Crippen LogP contribution in [-0.2, 0) is 9.59 Å². The molecule has 0 saturated heterocycles. The van der Waals surface area contributed by atoms with Gasteiger partial charge in [-0.25, -0.2) is 0 Å². The first-order valence-corrected chi connectivity index (χ1v) is 7.58. The molecule has 1 aliphatic heterocycles. The second-order valence-corrected chi connectivity index (χ2v) is 5.35. The van der Waals surface area contributed by atoms with Gasteiger partial charge in [0.05, 0.1) is 0 Å². The summed E-state index contributed by atoms with van der Waals surface area (Å²) in [5.74, 6) is 0.274. The van der Waals surface area contributed by atoms with Crippen LogP contribution >= 0.6 is 0 Å². The summed E-state index contributed by atoms with van der Waals surface area (Å²) < 4.78 is 11.0. The highest BCUT2D eigenvalue weighted by atomic mass is 16.6. The second-order valence-electron chi connectivity index (χ2n) is 5.35. The van der Waals surface area contributed by atoms with Crippen molar-refractivity contribution in [3.8, 4) is 11.5 Å². The van der Waals surface area contributed by atoms with Crippen molar-refractivity contribution in [3.63, 3.8) is 0 Å². The molecule has 0 aromatic heterocycles. The Morgan fingerprint density at radius 2 is 2.00 bits per heavy atom. The fourth-order valence-electron chi connectivity index (χ4n) is 2.42.